The molecule has 0 spiro atoms. The van der Waals surface area contributed by atoms with E-state index >= 15 is 0 Å². The van der Waals surface area contributed by atoms with E-state index in [1.807, 2.05) is 0 Å². The van der Waals surface area contributed by atoms with Gasteiger partial charge in [-0.1, -0.05) is 13.8 Å². The van der Waals surface area contributed by atoms with Crippen molar-refractivity contribution in [3.05, 3.63) is 29.9 Å². The molecular weight excluding hydrogens is 204 g/mol. The summed E-state index contributed by atoms with van der Waals surface area (Å²) in [6.07, 6.45) is 3.99. The lowest BCUT2D eigenvalue weighted by molar-refractivity contribution is -0.115. The first-order valence-corrected chi connectivity index (χ1v) is 5.29. The van der Waals surface area contributed by atoms with Crippen LogP contribution in [0.15, 0.2) is 33.5 Å². The molecule has 1 N–H and O–H groups in total. The minimum atomic E-state index is -0.160. The summed E-state index contributed by atoms with van der Waals surface area (Å²) in [5.74, 6) is 1.69. The minimum Gasteiger partial charge on any atom is -0.465 e. The largest absolute Gasteiger partial charge is 0.465 e. The molecule has 2 rings (SSSR count). The quantitative estimate of drug-likeness (QED) is 0.791. The van der Waals surface area contributed by atoms with Gasteiger partial charge < -0.3 is 9.73 Å². The Morgan fingerprint density at radius 3 is 3.00 bits per heavy atom. The summed E-state index contributed by atoms with van der Waals surface area (Å²) in [7, 11) is 0. The number of rotatable bonds is 3. The van der Waals surface area contributed by atoms with Crippen LogP contribution in [0.2, 0.25) is 0 Å². The first-order chi connectivity index (χ1) is 7.65. The van der Waals surface area contributed by atoms with Crippen molar-refractivity contribution in [2.45, 2.75) is 20.3 Å². The molecule has 2 heterocycles. The maximum Gasteiger partial charge on any atom is 0.275 e. The second kappa shape index (κ2) is 4.35. The van der Waals surface area contributed by atoms with Crippen molar-refractivity contribution in [3.8, 4) is 0 Å². The van der Waals surface area contributed by atoms with Crippen LogP contribution in [0.3, 0.4) is 0 Å². The molecule has 84 valence electrons. The fourth-order valence-corrected chi connectivity index (χ4v) is 1.51. The molecule has 0 radical (unpaired) electrons. The monoisotopic (exact) mass is 218 g/mol. The number of hydrogen-bond acceptors (Lipinski definition) is 3. The average Bonchev–Trinajstić information content (AvgIpc) is 2.77. The van der Waals surface area contributed by atoms with E-state index in [1.165, 1.54) is 0 Å². The van der Waals surface area contributed by atoms with Gasteiger partial charge in [-0.3, -0.25) is 4.79 Å². The number of aliphatic imine (C=N–C) groups is 1. The first kappa shape index (κ1) is 10.7. The highest BCUT2D eigenvalue weighted by Gasteiger charge is 2.20. The van der Waals surface area contributed by atoms with Gasteiger partial charge in [-0.05, 0) is 18.1 Å². The lowest BCUT2D eigenvalue weighted by Gasteiger charge is -2.02. The normalized spacial score (nSPS) is 18.1. The van der Waals surface area contributed by atoms with Gasteiger partial charge in [-0.25, -0.2) is 4.99 Å². The Balaban J connectivity index is 2.17. The highest BCUT2D eigenvalue weighted by molar-refractivity contribution is 6.14. The van der Waals surface area contributed by atoms with Crippen molar-refractivity contribution in [3.63, 3.8) is 0 Å². The molecule has 1 amide bonds. The van der Waals surface area contributed by atoms with Crippen molar-refractivity contribution in [1.82, 2.24) is 5.32 Å². The van der Waals surface area contributed by atoms with Gasteiger partial charge in [0.25, 0.3) is 5.91 Å². The number of nitrogens with one attached hydrogen (secondary N) is 1. The Morgan fingerprint density at radius 1 is 1.56 bits per heavy atom. The van der Waals surface area contributed by atoms with Crippen LogP contribution in [-0.4, -0.2) is 11.7 Å². The van der Waals surface area contributed by atoms with Crippen LogP contribution in [-0.2, 0) is 4.79 Å². The number of furan rings is 1. The van der Waals surface area contributed by atoms with Gasteiger partial charge in [0, 0.05) is 12.5 Å². The summed E-state index contributed by atoms with van der Waals surface area (Å²) in [5, 5.41) is 2.75. The topological polar surface area (TPSA) is 54.6 Å². The lowest BCUT2D eigenvalue weighted by atomic mass is 10.1. The van der Waals surface area contributed by atoms with Crippen LogP contribution in [0.4, 0.5) is 0 Å². The third-order valence-electron chi connectivity index (χ3n) is 2.17. The van der Waals surface area contributed by atoms with E-state index < -0.39 is 0 Å². The smallest absolute Gasteiger partial charge is 0.275 e. The molecule has 4 nitrogen and oxygen atoms in total. The predicted octanol–water partition coefficient (Wildman–Crippen LogP) is 2.19. The van der Waals surface area contributed by atoms with Crippen LogP contribution in [0, 0.1) is 5.92 Å². The Morgan fingerprint density at radius 2 is 2.38 bits per heavy atom. The van der Waals surface area contributed by atoms with Crippen molar-refractivity contribution < 1.29 is 9.21 Å². The van der Waals surface area contributed by atoms with Crippen LogP contribution in [0.1, 0.15) is 26.0 Å². The number of carbonyl (C=O) groups excluding carboxylic acids is 1. The standard InChI is InChI=1S/C12H14N2O2/c1-8(2)6-11-13-10(12(15)14-11)7-9-4-3-5-16-9/h3-5,7-8H,6H2,1-2H3,(H,13,14,15)/b10-7+. The molecule has 0 unspecified atom stereocenters. The molecule has 0 aliphatic carbocycles. The zero-order valence-corrected chi connectivity index (χ0v) is 9.36. The number of amidine groups is 1. The summed E-state index contributed by atoms with van der Waals surface area (Å²) < 4.78 is 5.13. The zero-order chi connectivity index (χ0) is 11.5. The SMILES string of the molecule is CC(C)CC1=N/C(=C/c2ccco2)C(=O)N1. The van der Waals surface area contributed by atoms with E-state index in [0.717, 1.165) is 12.3 Å². The molecule has 1 aromatic rings. The van der Waals surface area contributed by atoms with Crippen LogP contribution < -0.4 is 5.32 Å². The van der Waals surface area contributed by atoms with E-state index in [9.17, 15) is 4.79 Å². The Labute approximate surface area is 94.1 Å². The third kappa shape index (κ3) is 2.39. The molecule has 0 fully saturated rings. The van der Waals surface area contributed by atoms with Crippen molar-refractivity contribution >= 4 is 17.8 Å². The minimum absolute atomic E-state index is 0.160. The van der Waals surface area contributed by atoms with Crippen LogP contribution in [0.25, 0.3) is 6.08 Å². The van der Waals surface area contributed by atoms with E-state index in [0.29, 0.717) is 17.4 Å². The Bertz CT molecular complexity index is 442. The molecule has 1 aliphatic rings. The molecule has 16 heavy (non-hydrogen) atoms. The highest BCUT2D eigenvalue weighted by atomic mass is 16.3. The zero-order valence-electron chi connectivity index (χ0n) is 9.36. The molecule has 0 saturated heterocycles. The van der Waals surface area contributed by atoms with E-state index in [2.05, 4.69) is 24.2 Å². The van der Waals surface area contributed by atoms with E-state index in [-0.39, 0.29) is 5.91 Å². The van der Waals surface area contributed by atoms with Gasteiger partial charge in [-0.2, -0.15) is 0 Å². The lowest BCUT2D eigenvalue weighted by Crippen LogP contribution is -2.24. The predicted molar refractivity (Wildman–Crippen MR) is 61.7 cm³/mol. The van der Waals surface area contributed by atoms with Gasteiger partial charge in [-0.15, -0.1) is 0 Å². The maximum absolute atomic E-state index is 11.6. The van der Waals surface area contributed by atoms with Gasteiger partial charge >= 0.3 is 0 Å². The third-order valence-corrected chi connectivity index (χ3v) is 2.17. The van der Waals surface area contributed by atoms with E-state index in [1.54, 1.807) is 24.5 Å². The Hall–Kier alpha value is -1.84. The van der Waals surface area contributed by atoms with Crippen molar-refractivity contribution in [2.75, 3.05) is 0 Å². The summed E-state index contributed by atoms with van der Waals surface area (Å²) >= 11 is 0. The van der Waals surface area contributed by atoms with Crippen LogP contribution >= 0.6 is 0 Å². The molecule has 0 atom stereocenters. The van der Waals surface area contributed by atoms with Gasteiger partial charge in [0.05, 0.1) is 6.26 Å². The number of nitrogens with zero attached hydrogens (tertiary/aromatic N) is 1. The molecule has 0 aromatic carbocycles. The highest BCUT2D eigenvalue weighted by Crippen LogP contribution is 2.14. The molecule has 1 aromatic heterocycles. The molecular formula is C12H14N2O2. The molecule has 1 aliphatic heterocycles. The fraction of sp³-hybridized carbons (Fsp3) is 0.333. The number of carbonyl (C=O) groups is 1. The molecule has 0 saturated carbocycles. The molecule has 4 heteroatoms. The van der Waals surface area contributed by atoms with Crippen molar-refractivity contribution in [2.24, 2.45) is 10.9 Å². The van der Waals surface area contributed by atoms with Crippen molar-refractivity contribution in [1.29, 1.82) is 0 Å². The van der Waals surface area contributed by atoms with Gasteiger partial charge in [0.15, 0.2) is 0 Å². The summed E-state index contributed by atoms with van der Waals surface area (Å²) in [5.41, 5.74) is 0.408. The summed E-state index contributed by atoms with van der Waals surface area (Å²) in [4.78, 5) is 15.8. The van der Waals surface area contributed by atoms with E-state index in [4.69, 9.17) is 4.42 Å². The van der Waals surface area contributed by atoms with Gasteiger partial charge in [0.1, 0.15) is 17.3 Å². The molecule has 0 bridgehead atoms. The number of amides is 1. The fourth-order valence-electron chi connectivity index (χ4n) is 1.51. The maximum atomic E-state index is 11.6. The number of hydrogen-bond donors (Lipinski definition) is 1. The summed E-state index contributed by atoms with van der Waals surface area (Å²) in [6, 6.07) is 3.56. The van der Waals surface area contributed by atoms with Gasteiger partial charge in [0.2, 0.25) is 0 Å². The Kier molecular flexibility index (Phi) is 2.90. The average molecular weight is 218 g/mol. The summed E-state index contributed by atoms with van der Waals surface area (Å²) in [6.45, 7) is 4.17. The second-order valence-corrected chi connectivity index (χ2v) is 4.16. The van der Waals surface area contributed by atoms with Crippen LogP contribution in [0.5, 0.6) is 0 Å². The second-order valence-electron chi connectivity index (χ2n) is 4.16. The first-order valence-electron chi connectivity index (χ1n) is 5.29.